The van der Waals surface area contributed by atoms with Crippen molar-refractivity contribution in [1.82, 2.24) is 4.98 Å². The van der Waals surface area contributed by atoms with Crippen molar-refractivity contribution in [1.29, 1.82) is 0 Å². The van der Waals surface area contributed by atoms with Crippen LogP contribution in [0.5, 0.6) is 0 Å². The normalized spacial score (nSPS) is 11.2. The Balaban J connectivity index is 2.37. The zero-order chi connectivity index (χ0) is 15.4. The van der Waals surface area contributed by atoms with Gasteiger partial charge in [0, 0.05) is 20.7 Å². The lowest BCUT2D eigenvalue weighted by Crippen LogP contribution is -2.20. The molecule has 1 aromatic heterocycles. The molecule has 0 bridgehead atoms. The number of nitrogens with zero attached hydrogens (tertiary/aromatic N) is 2. The number of carbonyl (C=O) groups is 1. The summed E-state index contributed by atoms with van der Waals surface area (Å²) in [5, 5.41) is 14.4. The molecule has 0 radical (unpaired) electrons. The van der Waals surface area contributed by atoms with Crippen LogP contribution in [0.2, 0.25) is 0 Å². The maximum Gasteiger partial charge on any atom is 0.275 e. The van der Waals surface area contributed by atoms with Gasteiger partial charge in [-0.3, -0.25) is 4.79 Å². The van der Waals surface area contributed by atoms with Crippen molar-refractivity contribution in [3.63, 3.8) is 0 Å². The molecule has 0 aliphatic heterocycles. The van der Waals surface area contributed by atoms with Crippen LogP contribution in [0.4, 0.5) is 5.69 Å². The van der Waals surface area contributed by atoms with Crippen LogP contribution in [0, 0.1) is 0 Å². The molecular formula is C13H10Br2N4O2. The van der Waals surface area contributed by atoms with Gasteiger partial charge < -0.3 is 16.3 Å². The molecule has 2 aromatic rings. The van der Waals surface area contributed by atoms with Crippen LogP contribution < -0.4 is 11.1 Å². The smallest absolute Gasteiger partial charge is 0.275 e. The number of amidine groups is 1. The fraction of sp³-hybridized carbons (Fsp3) is 0. The number of pyridine rings is 1. The second-order valence-electron chi connectivity index (χ2n) is 3.96. The van der Waals surface area contributed by atoms with Crippen LogP contribution in [0.1, 0.15) is 16.1 Å². The summed E-state index contributed by atoms with van der Waals surface area (Å²) in [7, 11) is 0. The van der Waals surface area contributed by atoms with E-state index >= 15 is 0 Å². The topological polar surface area (TPSA) is 101 Å². The molecule has 1 amide bonds. The van der Waals surface area contributed by atoms with Crippen molar-refractivity contribution in [3.05, 3.63) is 56.7 Å². The second-order valence-corrected chi connectivity index (χ2v) is 5.73. The van der Waals surface area contributed by atoms with Crippen molar-refractivity contribution in [2.45, 2.75) is 0 Å². The molecule has 8 heteroatoms. The number of halogens is 2. The number of nitrogens with one attached hydrogen (secondary N) is 1. The number of carbonyl (C=O) groups excluding carboxylic acids is 1. The molecule has 0 atom stereocenters. The molecule has 0 fully saturated rings. The Morgan fingerprint density at radius 2 is 2.10 bits per heavy atom. The lowest BCUT2D eigenvalue weighted by molar-refractivity contribution is 0.102. The maximum atomic E-state index is 12.2. The predicted molar refractivity (Wildman–Crippen MR) is 86.5 cm³/mol. The van der Waals surface area contributed by atoms with Crippen molar-refractivity contribution < 1.29 is 10.0 Å². The number of amides is 1. The molecule has 1 aromatic carbocycles. The zero-order valence-corrected chi connectivity index (χ0v) is 13.7. The lowest BCUT2D eigenvalue weighted by Gasteiger charge is -2.11. The molecule has 6 nitrogen and oxygen atoms in total. The molecule has 1 heterocycles. The van der Waals surface area contributed by atoms with Crippen molar-refractivity contribution in [3.8, 4) is 0 Å². The standard InChI is InChI=1S/C13H10Br2N4O2/c14-7-3-4-8(12(16)19-21)10(6-7)18-13(20)11-9(15)2-1-5-17-11/h1-6,21H,(H2,16,19)(H,18,20). The summed E-state index contributed by atoms with van der Waals surface area (Å²) in [5.41, 5.74) is 6.65. The Labute approximate surface area is 137 Å². The fourth-order valence-corrected chi connectivity index (χ4v) is 2.43. The first-order valence-electron chi connectivity index (χ1n) is 5.72. The zero-order valence-electron chi connectivity index (χ0n) is 10.5. The number of benzene rings is 1. The maximum absolute atomic E-state index is 12.2. The number of hydrogen-bond acceptors (Lipinski definition) is 4. The van der Waals surface area contributed by atoms with E-state index in [1.165, 1.54) is 6.20 Å². The third-order valence-electron chi connectivity index (χ3n) is 2.59. The van der Waals surface area contributed by atoms with Crippen molar-refractivity contribution in [2.75, 3.05) is 5.32 Å². The highest BCUT2D eigenvalue weighted by Crippen LogP contribution is 2.23. The molecule has 0 saturated carbocycles. The molecule has 0 aliphatic carbocycles. The van der Waals surface area contributed by atoms with E-state index in [-0.39, 0.29) is 11.5 Å². The van der Waals surface area contributed by atoms with Crippen LogP contribution in [-0.4, -0.2) is 21.9 Å². The largest absolute Gasteiger partial charge is 0.409 e. The Morgan fingerprint density at radius 3 is 2.76 bits per heavy atom. The number of aromatic nitrogens is 1. The van der Waals surface area contributed by atoms with Crippen LogP contribution in [0.3, 0.4) is 0 Å². The van der Waals surface area contributed by atoms with Gasteiger partial charge in [-0.25, -0.2) is 4.98 Å². The van der Waals surface area contributed by atoms with E-state index in [4.69, 9.17) is 10.9 Å². The van der Waals surface area contributed by atoms with Crippen molar-refractivity contribution >= 4 is 49.3 Å². The molecule has 0 unspecified atom stereocenters. The van der Waals surface area contributed by atoms with Crippen molar-refractivity contribution in [2.24, 2.45) is 10.9 Å². The minimum atomic E-state index is -0.410. The summed E-state index contributed by atoms with van der Waals surface area (Å²) >= 11 is 6.57. The van der Waals surface area contributed by atoms with Gasteiger partial charge in [-0.2, -0.15) is 0 Å². The molecule has 2 rings (SSSR count). The Kier molecular flexibility index (Phi) is 4.92. The van der Waals surface area contributed by atoms with Gasteiger partial charge in [0.15, 0.2) is 5.84 Å². The number of anilines is 1. The molecular weight excluding hydrogens is 404 g/mol. The Morgan fingerprint density at radius 1 is 1.33 bits per heavy atom. The SMILES string of the molecule is N/C(=N/O)c1ccc(Br)cc1NC(=O)c1ncccc1Br. The van der Waals surface area contributed by atoms with E-state index < -0.39 is 5.91 Å². The van der Waals surface area contributed by atoms with Gasteiger partial charge in [0.25, 0.3) is 5.91 Å². The highest BCUT2D eigenvalue weighted by molar-refractivity contribution is 9.10. The van der Waals surface area contributed by atoms with Gasteiger partial charge in [0.05, 0.1) is 5.69 Å². The molecule has 0 saturated heterocycles. The average molecular weight is 414 g/mol. The van der Waals surface area contributed by atoms with Crippen LogP contribution in [0.25, 0.3) is 0 Å². The molecule has 4 N–H and O–H groups in total. The first-order valence-corrected chi connectivity index (χ1v) is 7.31. The highest BCUT2D eigenvalue weighted by Gasteiger charge is 2.15. The number of hydrogen-bond donors (Lipinski definition) is 3. The monoisotopic (exact) mass is 412 g/mol. The summed E-state index contributed by atoms with van der Waals surface area (Å²) in [6.45, 7) is 0. The minimum absolute atomic E-state index is 0.0992. The number of nitrogens with two attached hydrogens (primary N) is 1. The fourth-order valence-electron chi connectivity index (χ4n) is 1.63. The Hall–Kier alpha value is -1.93. The minimum Gasteiger partial charge on any atom is -0.409 e. The summed E-state index contributed by atoms with van der Waals surface area (Å²) in [6, 6.07) is 8.43. The second kappa shape index (κ2) is 6.68. The average Bonchev–Trinajstić information content (AvgIpc) is 2.47. The summed E-state index contributed by atoms with van der Waals surface area (Å²) in [4.78, 5) is 16.3. The van der Waals surface area contributed by atoms with Crippen LogP contribution in [-0.2, 0) is 0 Å². The van der Waals surface area contributed by atoms with Crippen LogP contribution >= 0.6 is 31.9 Å². The molecule has 108 valence electrons. The molecule has 0 spiro atoms. The van der Waals surface area contributed by atoms with Crippen LogP contribution in [0.15, 0.2) is 50.6 Å². The summed E-state index contributed by atoms with van der Waals surface area (Å²) in [5.74, 6) is -0.509. The number of rotatable bonds is 3. The quantitative estimate of drug-likeness (QED) is 0.311. The van der Waals surface area contributed by atoms with Gasteiger partial charge in [0.2, 0.25) is 0 Å². The van der Waals surface area contributed by atoms with E-state index in [2.05, 4.69) is 47.3 Å². The first kappa shape index (κ1) is 15.5. The molecule has 21 heavy (non-hydrogen) atoms. The highest BCUT2D eigenvalue weighted by atomic mass is 79.9. The van der Waals surface area contributed by atoms with E-state index in [1.807, 2.05) is 0 Å². The first-order chi connectivity index (χ1) is 10.0. The van der Waals surface area contributed by atoms with Gasteiger partial charge in [-0.1, -0.05) is 21.1 Å². The van der Waals surface area contributed by atoms with Gasteiger partial charge in [0.1, 0.15) is 5.69 Å². The van der Waals surface area contributed by atoms with Gasteiger partial charge in [-0.15, -0.1) is 0 Å². The van der Waals surface area contributed by atoms with E-state index in [1.54, 1.807) is 30.3 Å². The predicted octanol–water partition coefficient (Wildman–Crippen LogP) is 2.95. The molecule has 0 aliphatic rings. The van der Waals surface area contributed by atoms with E-state index in [0.717, 1.165) is 4.47 Å². The Bertz CT molecular complexity index is 719. The van der Waals surface area contributed by atoms with Gasteiger partial charge >= 0.3 is 0 Å². The van der Waals surface area contributed by atoms with E-state index in [0.29, 0.717) is 15.7 Å². The summed E-state index contributed by atoms with van der Waals surface area (Å²) < 4.78 is 1.32. The third-order valence-corrected chi connectivity index (χ3v) is 3.72. The summed E-state index contributed by atoms with van der Waals surface area (Å²) in [6.07, 6.45) is 1.52. The van der Waals surface area contributed by atoms with Gasteiger partial charge in [-0.05, 0) is 46.3 Å². The third kappa shape index (κ3) is 3.59. The number of oxime groups is 1. The van der Waals surface area contributed by atoms with E-state index in [9.17, 15) is 4.79 Å². The lowest BCUT2D eigenvalue weighted by atomic mass is 10.1.